The first kappa shape index (κ1) is 18.4. The molecule has 1 atom stereocenters. The first-order valence-electron chi connectivity index (χ1n) is 7.29. The highest BCUT2D eigenvalue weighted by molar-refractivity contribution is 6.30. The molecule has 0 spiro atoms. The van der Waals surface area contributed by atoms with E-state index in [0.717, 1.165) is 0 Å². The molecule has 0 fully saturated rings. The summed E-state index contributed by atoms with van der Waals surface area (Å²) in [5.74, 6) is -2.12. The van der Waals surface area contributed by atoms with Crippen LogP contribution in [0.4, 0.5) is 5.69 Å². The Hall–Kier alpha value is -2.93. The van der Waals surface area contributed by atoms with Gasteiger partial charge in [-0.15, -0.1) is 0 Å². The van der Waals surface area contributed by atoms with Gasteiger partial charge in [0.1, 0.15) is 5.56 Å². The highest BCUT2D eigenvalue weighted by atomic mass is 35.5. The number of aryl methyl sites for hydroxylation is 1. The Balaban J connectivity index is 2.37. The number of aliphatic carboxylic acids is 1. The molecule has 1 amide bonds. The van der Waals surface area contributed by atoms with Crippen LogP contribution in [0.15, 0.2) is 42.5 Å². The maximum Gasteiger partial charge on any atom is 0.285 e. The normalized spacial score (nSPS) is 11.6. The topological polar surface area (TPSA) is 112 Å². The fourth-order valence-electron chi connectivity index (χ4n) is 2.46. The van der Waals surface area contributed by atoms with E-state index in [2.05, 4.69) is 5.32 Å². The van der Waals surface area contributed by atoms with Crippen molar-refractivity contribution in [1.29, 1.82) is 0 Å². The standard InChI is InChI=1S/C17H15ClN2O5/c1-10-4-2-7-13(16(10)20(24)25)17(23)19-14(9-15(21)22)11-5-3-6-12(18)8-11/h2-8,14H,9H2,1H3,(H,19,23)(H,21,22)/p-1/t14-/m1/s1. The zero-order chi connectivity index (χ0) is 18.6. The molecule has 7 nitrogen and oxygen atoms in total. The quantitative estimate of drug-likeness (QED) is 0.625. The van der Waals surface area contributed by atoms with Crippen molar-refractivity contribution in [3.63, 3.8) is 0 Å². The van der Waals surface area contributed by atoms with E-state index in [9.17, 15) is 24.8 Å². The predicted molar refractivity (Wildman–Crippen MR) is 89.1 cm³/mol. The largest absolute Gasteiger partial charge is 0.550 e. The summed E-state index contributed by atoms with van der Waals surface area (Å²) in [7, 11) is 0. The molecule has 0 heterocycles. The van der Waals surface area contributed by atoms with E-state index in [1.807, 2.05) is 0 Å². The number of carbonyl (C=O) groups excluding carboxylic acids is 2. The van der Waals surface area contributed by atoms with Gasteiger partial charge in [0.15, 0.2) is 0 Å². The number of amides is 1. The second-order valence-electron chi connectivity index (χ2n) is 5.39. The van der Waals surface area contributed by atoms with E-state index in [1.165, 1.54) is 31.2 Å². The minimum absolute atomic E-state index is 0.143. The zero-order valence-corrected chi connectivity index (χ0v) is 13.9. The number of nitro benzene ring substituents is 1. The number of nitro groups is 1. The lowest BCUT2D eigenvalue weighted by Gasteiger charge is -2.20. The number of hydrogen-bond acceptors (Lipinski definition) is 5. The van der Waals surface area contributed by atoms with E-state index in [4.69, 9.17) is 11.6 Å². The summed E-state index contributed by atoms with van der Waals surface area (Å²) in [6, 6.07) is 9.75. The number of hydrogen-bond donors (Lipinski definition) is 1. The molecule has 0 unspecified atom stereocenters. The Morgan fingerprint density at radius 3 is 2.52 bits per heavy atom. The zero-order valence-electron chi connectivity index (χ0n) is 13.2. The second kappa shape index (κ2) is 7.76. The third-order valence-electron chi connectivity index (χ3n) is 3.59. The summed E-state index contributed by atoms with van der Waals surface area (Å²) in [5.41, 5.74) is 0.325. The van der Waals surface area contributed by atoms with E-state index in [0.29, 0.717) is 16.1 Å². The molecule has 0 aliphatic heterocycles. The van der Waals surface area contributed by atoms with Gasteiger partial charge in [-0.2, -0.15) is 0 Å². The van der Waals surface area contributed by atoms with Crippen molar-refractivity contribution < 1.29 is 19.6 Å². The number of carboxylic acid groups (broad SMARTS) is 1. The summed E-state index contributed by atoms with van der Waals surface area (Å²) in [6.07, 6.45) is -0.494. The fourth-order valence-corrected chi connectivity index (χ4v) is 2.66. The highest BCUT2D eigenvalue weighted by Crippen LogP contribution is 2.25. The van der Waals surface area contributed by atoms with Crippen LogP contribution < -0.4 is 10.4 Å². The first-order valence-corrected chi connectivity index (χ1v) is 7.67. The average molecular weight is 362 g/mol. The molecule has 0 bridgehead atoms. The summed E-state index contributed by atoms with van der Waals surface area (Å²) in [5, 5.41) is 25.1. The second-order valence-corrected chi connectivity index (χ2v) is 5.82. The first-order chi connectivity index (χ1) is 11.8. The lowest BCUT2D eigenvalue weighted by Crippen LogP contribution is -2.34. The van der Waals surface area contributed by atoms with Gasteiger partial charge in [-0.25, -0.2) is 0 Å². The SMILES string of the molecule is Cc1cccc(C(=O)N[C@H](CC(=O)[O-])c2cccc(Cl)c2)c1[N+](=O)[O-]. The van der Waals surface area contributed by atoms with Crippen molar-refractivity contribution >= 4 is 29.2 Å². The number of halogens is 1. The number of para-hydroxylation sites is 1. The molecule has 0 saturated carbocycles. The van der Waals surface area contributed by atoms with Crippen LogP contribution in [0.3, 0.4) is 0 Å². The minimum Gasteiger partial charge on any atom is -0.550 e. The molecule has 2 aromatic carbocycles. The van der Waals surface area contributed by atoms with E-state index in [1.54, 1.807) is 18.2 Å². The summed E-state index contributed by atoms with van der Waals surface area (Å²) < 4.78 is 0. The van der Waals surface area contributed by atoms with Crippen molar-refractivity contribution in [2.24, 2.45) is 0 Å². The lowest BCUT2D eigenvalue weighted by molar-refractivity contribution is -0.385. The van der Waals surface area contributed by atoms with Gasteiger partial charge in [0.05, 0.1) is 11.0 Å². The molecule has 2 aromatic rings. The predicted octanol–water partition coefficient (Wildman–Crippen LogP) is 2.17. The number of benzene rings is 2. The molecule has 1 N–H and O–H groups in total. The molecule has 0 aromatic heterocycles. The van der Waals surface area contributed by atoms with Gasteiger partial charge in [-0.05, 0) is 30.7 Å². The van der Waals surface area contributed by atoms with E-state index >= 15 is 0 Å². The van der Waals surface area contributed by atoms with Gasteiger partial charge in [0.2, 0.25) is 0 Å². The summed E-state index contributed by atoms with van der Waals surface area (Å²) >= 11 is 5.90. The van der Waals surface area contributed by atoms with Crippen molar-refractivity contribution in [2.75, 3.05) is 0 Å². The molecule has 0 aliphatic rings. The van der Waals surface area contributed by atoms with Gasteiger partial charge < -0.3 is 15.2 Å². The Morgan fingerprint density at radius 2 is 1.92 bits per heavy atom. The molecular formula is C17H14ClN2O5-. The number of rotatable bonds is 6. The van der Waals surface area contributed by atoms with Gasteiger partial charge in [0, 0.05) is 23.0 Å². The third kappa shape index (κ3) is 4.54. The van der Waals surface area contributed by atoms with Crippen molar-refractivity contribution in [3.05, 3.63) is 74.3 Å². The monoisotopic (exact) mass is 361 g/mol. The molecule has 130 valence electrons. The van der Waals surface area contributed by atoms with Crippen LogP contribution in [-0.4, -0.2) is 16.8 Å². The average Bonchev–Trinajstić information content (AvgIpc) is 2.53. The van der Waals surface area contributed by atoms with Crippen LogP contribution in [0.1, 0.15) is 33.9 Å². The summed E-state index contributed by atoms with van der Waals surface area (Å²) in [6.45, 7) is 1.52. The Morgan fingerprint density at radius 1 is 1.24 bits per heavy atom. The third-order valence-corrected chi connectivity index (χ3v) is 3.83. The van der Waals surface area contributed by atoms with Crippen LogP contribution in [0, 0.1) is 17.0 Å². The van der Waals surface area contributed by atoms with Gasteiger partial charge in [0.25, 0.3) is 11.6 Å². The summed E-state index contributed by atoms with van der Waals surface area (Å²) in [4.78, 5) is 34.1. The molecule has 0 radical (unpaired) electrons. The van der Waals surface area contributed by atoms with E-state index in [-0.39, 0.29) is 11.3 Å². The van der Waals surface area contributed by atoms with Crippen molar-refractivity contribution in [1.82, 2.24) is 5.32 Å². The van der Waals surface area contributed by atoms with Crippen LogP contribution in [0.2, 0.25) is 5.02 Å². The Bertz CT molecular complexity index is 838. The molecular weight excluding hydrogens is 348 g/mol. The Labute approximate surface area is 148 Å². The maximum absolute atomic E-state index is 12.5. The number of carbonyl (C=O) groups is 2. The van der Waals surface area contributed by atoms with Gasteiger partial charge >= 0.3 is 0 Å². The van der Waals surface area contributed by atoms with E-state index < -0.39 is 29.3 Å². The highest BCUT2D eigenvalue weighted by Gasteiger charge is 2.25. The number of carboxylic acids is 1. The molecule has 0 saturated heterocycles. The van der Waals surface area contributed by atoms with Crippen LogP contribution in [-0.2, 0) is 4.79 Å². The van der Waals surface area contributed by atoms with Crippen LogP contribution >= 0.6 is 11.6 Å². The van der Waals surface area contributed by atoms with Gasteiger partial charge in [-0.3, -0.25) is 14.9 Å². The smallest absolute Gasteiger partial charge is 0.285 e. The molecule has 0 aliphatic carbocycles. The van der Waals surface area contributed by atoms with Crippen LogP contribution in [0.5, 0.6) is 0 Å². The fraction of sp³-hybridized carbons (Fsp3) is 0.176. The lowest BCUT2D eigenvalue weighted by atomic mass is 10.0. The molecule has 2 rings (SSSR count). The number of nitrogens with zero attached hydrogens (tertiary/aromatic N) is 1. The maximum atomic E-state index is 12.5. The molecule has 25 heavy (non-hydrogen) atoms. The minimum atomic E-state index is -1.37. The van der Waals surface area contributed by atoms with Crippen molar-refractivity contribution in [2.45, 2.75) is 19.4 Å². The molecule has 8 heteroatoms. The van der Waals surface area contributed by atoms with Crippen molar-refractivity contribution in [3.8, 4) is 0 Å². The number of nitrogens with one attached hydrogen (secondary N) is 1. The Kier molecular flexibility index (Phi) is 5.71. The van der Waals surface area contributed by atoms with Gasteiger partial charge in [-0.1, -0.05) is 35.9 Å². The van der Waals surface area contributed by atoms with Crippen LogP contribution in [0.25, 0.3) is 0 Å².